The predicted molar refractivity (Wildman–Crippen MR) is 69.9 cm³/mol. The summed E-state index contributed by atoms with van der Waals surface area (Å²) >= 11 is 0. The van der Waals surface area contributed by atoms with Gasteiger partial charge in [-0.2, -0.15) is 0 Å². The van der Waals surface area contributed by atoms with Crippen molar-refractivity contribution in [2.24, 2.45) is 0 Å². The fraction of sp³-hybridized carbons (Fsp3) is 0.615. The van der Waals surface area contributed by atoms with Crippen molar-refractivity contribution in [2.75, 3.05) is 19.0 Å². The molecule has 0 radical (unpaired) electrons. The highest BCUT2D eigenvalue weighted by molar-refractivity contribution is 5.41. The zero-order chi connectivity index (χ0) is 12.1. The number of hydrogen-bond donors (Lipinski definition) is 1. The van der Waals surface area contributed by atoms with E-state index >= 15 is 0 Å². The van der Waals surface area contributed by atoms with Crippen LogP contribution < -0.4 is 10.2 Å². The SMILES string of the molecule is CCC(C)N(C)c1cc(C(C)NC)ccn1. The van der Waals surface area contributed by atoms with Gasteiger partial charge in [0.25, 0.3) is 0 Å². The molecule has 1 rings (SSSR count). The molecule has 0 saturated carbocycles. The van der Waals surface area contributed by atoms with Gasteiger partial charge >= 0.3 is 0 Å². The fourth-order valence-electron chi connectivity index (χ4n) is 1.56. The van der Waals surface area contributed by atoms with Gasteiger partial charge in [0.15, 0.2) is 0 Å². The molecule has 16 heavy (non-hydrogen) atoms. The zero-order valence-corrected chi connectivity index (χ0v) is 11.0. The Balaban J connectivity index is 2.89. The summed E-state index contributed by atoms with van der Waals surface area (Å²) in [5.74, 6) is 1.05. The summed E-state index contributed by atoms with van der Waals surface area (Å²) in [6, 6.07) is 5.11. The van der Waals surface area contributed by atoms with Crippen LogP contribution in [0.2, 0.25) is 0 Å². The van der Waals surface area contributed by atoms with Crippen molar-refractivity contribution in [1.82, 2.24) is 10.3 Å². The molecule has 3 nitrogen and oxygen atoms in total. The minimum Gasteiger partial charge on any atom is -0.357 e. The lowest BCUT2D eigenvalue weighted by molar-refractivity contribution is 0.641. The number of rotatable bonds is 5. The average molecular weight is 221 g/mol. The van der Waals surface area contributed by atoms with Crippen LogP contribution in [0.15, 0.2) is 18.3 Å². The van der Waals surface area contributed by atoms with Gasteiger partial charge in [0.2, 0.25) is 0 Å². The molecule has 0 aliphatic heterocycles. The Bertz CT molecular complexity index is 325. The molecule has 0 fully saturated rings. The number of anilines is 1. The summed E-state index contributed by atoms with van der Waals surface area (Å²) in [4.78, 5) is 6.65. The highest BCUT2D eigenvalue weighted by Crippen LogP contribution is 2.19. The van der Waals surface area contributed by atoms with Crippen LogP contribution in [0.25, 0.3) is 0 Å². The first-order chi connectivity index (χ1) is 7.60. The normalized spacial score (nSPS) is 14.6. The van der Waals surface area contributed by atoms with Crippen molar-refractivity contribution in [2.45, 2.75) is 39.3 Å². The summed E-state index contributed by atoms with van der Waals surface area (Å²) in [7, 11) is 4.08. The fourth-order valence-corrected chi connectivity index (χ4v) is 1.56. The molecule has 0 spiro atoms. The topological polar surface area (TPSA) is 28.2 Å². The highest BCUT2D eigenvalue weighted by Gasteiger charge is 2.11. The second kappa shape index (κ2) is 5.85. The van der Waals surface area contributed by atoms with Gasteiger partial charge in [0, 0.05) is 25.3 Å². The molecular formula is C13H23N3. The number of nitrogens with one attached hydrogen (secondary N) is 1. The molecule has 1 aromatic heterocycles. The van der Waals surface area contributed by atoms with Crippen LogP contribution in [-0.4, -0.2) is 25.1 Å². The Morgan fingerprint density at radius 3 is 2.69 bits per heavy atom. The molecule has 1 heterocycles. The summed E-state index contributed by atoms with van der Waals surface area (Å²) in [5, 5.41) is 3.24. The van der Waals surface area contributed by atoms with E-state index in [1.807, 2.05) is 13.2 Å². The molecule has 2 unspecified atom stereocenters. The molecule has 1 N–H and O–H groups in total. The van der Waals surface area contributed by atoms with Gasteiger partial charge in [-0.05, 0) is 45.0 Å². The Kier molecular flexibility index (Phi) is 4.74. The van der Waals surface area contributed by atoms with E-state index in [0.29, 0.717) is 12.1 Å². The van der Waals surface area contributed by atoms with Gasteiger partial charge in [0.1, 0.15) is 5.82 Å². The third-order valence-electron chi connectivity index (χ3n) is 3.32. The van der Waals surface area contributed by atoms with E-state index in [-0.39, 0.29) is 0 Å². The summed E-state index contributed by atoms with van der Waals surface area (Å²) in [5.41, 5.74) is 1.28. The van der Waals surface area contributed by atoms with Crippen LogP contribution >= 0.6 is 0 Å². The van der Waals surface area contributed by atoms with E-state index in [1.54, 1.807) is 0 Å². The monoisotopic (exact) mass is 221 g/mol. The van der Waals surface area contributed by atoms with Crippen molar-refractivity contribution in [3.8, 4) is 0 Å². The molecule has 0 saturated heterocycles. The summed E-state index contributed by atoms with van der Waals surface area (Å²) in [6.07, 6.45) is 3.02. The Morgan fingerprint density at radius 2 is 2.12 bits per heavy atom. The van der Waals surface area contributed by atoms with Crippen molar-refractivity contribution < 1.29 is 0 Å². The molecular weight excluding hydrogens is 198 g/mol. The van der Waals surface area contributed by atoms with Gasteiger partial charge in [-0.15, -0.1) is 0 Å². The molecule has 0 aromatic carbocycles. The number of hydrogen-bond acceptors (Lipinski definition) is 3. The third kappa shape index (κ3) is 2.95. The maximum absolute atomic E-state index is 4.42. The Labute approximate surface area is 98.9 Å². The van der Waals surface area contributed by atoms with Crippen molar-refractivity contribution in [3.63, 3.8) is 0 Å². The second-order valence-corrected chi connectivity index (χ2v) is 4.33. The first-order valence-corrected chi connectivity index (χ1v) is 5.96. The van der Waals surface area contributed by atoms with E-state index in [4.69, 9.17) is 0 Å². The largest absolute Gasteiger partial charge is 0.357 e. The van der Waals surface area contributed by atoms with E-state index in [9.17, 15) is 0 Å². The standard InChI is InChI=1S/C13H23N3/c1-6-10(2)16(5)13-9-12(7-8-15-13)11(3)14-4/h7-11,14H,6H2,1-5H3. The molecule has 0 aliphatic carbocycles. The van der Waals surface area contributed by atoms with Crippen LogP contribution in [0.1, 0.15) is 38.8 Å². The molecule has 90 valence electrons. The second-order valence-electron chi connectivity index (χ2n) is 4.33. The molecule has 2 atom stereocenters. The minimum absolute atomic E-state index is 0.368. The highest BCUT2D eigenvalue weighted by atomic mass is 15.2. The van der Waals surface area contributed by atoms with Gasteiger partial charge < -0.3 is 10.2 Å². The quantitative estimate of drug-likeness (QED) is 0.828. The molecule has 0 bridgehead atoms. The van der Waals surface area contributed by atoms with Crippen LogP contribution in [0.3, 0.4) is 0 Å². The molecule has 3 heteroatoms. The average Bonchev–Trinajstić information content (AvgIpc) is 2.36. The smallest absolute Gasteiger partial charge is 0.128 e. The van der Waals surface area contributed by atoms with Gasteiger partial charge in [0.05, 0.1) is 0 Å². The van der Waals surface area contributed by atoms with Crippen molar-refractivity contribution >= 4 is 5.82 Å². The zero-order valence-electron chi connectivity index (χ0n) is 11.0. The van der Waals surface area contributed by atoms with Gasteiger partial charge in [-0.3, -0.25) is 0 Å². The maximum atomic E-state index is 4.42. The maximum Gasteiger partial charge on any atom is 0.128 e. The van der Waals surface area contributed by atoms with Crippen LogP contribution in [0.4, 0.5) is 5.82 Å². The van der Waals surface area contributed by atoms with Gasteiger partial charge in [-0.1, -0.05) is 6.92 Å². The number of pyridine rings is 1. The molecule has 1 aromatic rings. The first kappa shape index (κ1) is 13.0. The van der Waals surface area contributed by atoms with E-state index in [0.717, 1.165) is 12.2 Å². The Hall–Kier alpha value is -1.09. The van der Waals surface area contributed by atoms with E-state index in [2.05, 4.69) is 55.2 Å². The van der Waals surface area contributed by atoms with E-state index < -0.39 is 0 Å². The lowest BCUT2D eigenvalue weighted by Gasteiger charge is -2.25. The van der Waals surface area contributed by atoms with Crippen LogP contribution in [0.5, 0.6) is 0 Å². The van der Waals surface area contributed by atoms with Crippen molar-refractivity contribution in [3.05, 3.63) is 23.9 Å². The first-order valence-electron chi connectivity index (χ1n) is 5.96. The molecule has 0 aliphatic rings. The van der Waals surface area contributed by atoms with Gasteiger partial charge in [-0.25, -0.2) is 4.98 Å². The predicted octanol–water partition coefficient (Wildman–Crippen LogP) is 2.60. The van der Waals surface area contributed by atoms with Crippen LogP contribution in [0, 0.1) is 0 Å². The Morgan fingerprint density at radius 1 is 1.44 bits per heavy atom. The van der Waals surface area contributed by atoms with E-state index in [1.165, 1.54) is 5.56 Å². The van der Waals surface area contributed by atoms with Crippen molar-refractivity contribution in [1.29, 1.82) is 0 Å². The van der Waals surface area contributed by atoms with Crippen LogP contribution in [-0.2, 0) is 0 Å². The summed E-state index contributed by atoms with van der Waals surface area (Å²) < 4.78 is 0. The number of aromatic nitrogens is 1. The lowest BCUT2D eigenvalue weighted by Crippen LogP contribution is -2.29. The minimum atomic E-state index is 0.368. The number of nitrogens with zero attached hydrogens (tertiary/aromatic N) is 2. The third-order valence-corrected chi connectivity index (χ3v) is 3.32. The molecule has 0 amide bonds. The summed E-state index contributed by atoms with van der Waals surface area (Å²) in [6.45, 7) is 6.57. The lowest BCUT2D eigenvalue weighted by atomic mass is 10.1.